The lowest BCUT2D eigenvalue weighted by molar-refractivity contribution is 0.982. The minimum atomic E-state index is -0.203. The van der Waals surface area contributed by atoms with Crippen LogP contribution in [0.1, 0.15) is 13.8 Å². The zero-order chi connectivity index (χ0) is 7.49. The lowest BCUT2D eigenvalue weighted by Gasteiger charge is -2.14. The van der Waals surface area contributed by atoms with Gasteiger partial charge in [0.05, 0.1) is 9.37 Å². The van der Waals surface area contributed by atoms with Gasteiger partial charge in [0.25, 0.3) is 0 Å². The standard InChI is InChI=1S/C6H10BrNS/c1-4-9-5(8)6(2,3)7/h4,8H,1H2,2-3H3. The molecule has 0 aliphatic carbocycles. The molecule has 1 N–H and O–H groups in total. The fourth-order valence-corrected chi connectivity index (χ4v) is 0.951. The SMILES string of the molecule is C=CSC(=N)C(C)(C)Br. The maximum Gasteiger partial charge on any atom is 0.0845 e. The second-order valence-corrected chi connectivity index (χ2v) is 5.05. The Balaban J connectivity index is 3.88. The number of halogens is 1. The van der Waals surface area contributed by atoms with Gasteiger partial charge in [0.2, 0.25) is 0 Å². The quantitative estimate of drug-likeness (QED) is 0.421. The zero-order valence-electron chi connectivity index (χ0n) is 5.57. The zero-order valence-corrected chi connectivity index (χ0v) is 7.97. The summed E-state index contributed by atoms with van der Waals surface area (Å²) in [7, 11) is 0. The number of hydrogen-bond donors (Lipinski definition) is 1. The molecule has 1 nitrogen and oxygen atoms in total. The van der Waals surface area contributed by atoms with Crippen LogP contribution in [0.15, 0.2) is 12.0 Å². The van der Waals surface area contributed by atoms with Gasteiger partial charge in [-0.05, 0) is 19.3 Å². The van der Waals surface area contributed by atoms with E-state index in [1.807, 2.05) is 13.8 Å². The molecule has 9 heavy (non-hydrogen) atoms. The van der Waals surface area contributed by atoms with E-state index in [-0.39, 0.29) is 4.32 Å². The van der Waals surface area contributed by atoms with Crippen molar-refractivity contribution in [3.05, 3.63) is 12.0 Å². The van der Waals surface area contributed by atoms with Gasteiger partial charge < -0.3 is 0 Å². The Kier molecular flexibility index (Phi) is 3.51. The first kappa shape index (κ1) is 9.24. The second kappa shape index (κ2) is 3.42. The van der Waals surface area contributed by atoms with Gasteiger partial charge in [0.1, 0.15) is 0 Å². The van der Waals surface area contributed by atoms with E-state index < -0.39 is 0 Å². The summed E-state index contributed by atoms with van der Waals surface area (Å²) in [4.78, 5) is 0. The monoisotopic (exact) mass is 207 g/mol. The predicted molar refractivity (Wildman–Crippen MR) is 48.5 cm³/mol. The number of rotatable bonds is 2. The molecule has 0 bridgehead atoms. The van der Waals surface area contributed by atoms with Gasteiger partial charge in [-0.25, -0.2) is 0 Å². The van der Waals surface area contributed by atoms with Crippen molar-refractivity contribution in [2.45, 2.75) is 18.2 Å². The lowest BCUT2D eigenvalue weighted by atomic mass is 10.2. The summed E-state index contributed by atoms with van der Waals surface area (Å²) in [5, 5.41) is 9.62. The highest BCUT2D eigenvalue weighted by molar-refractivity contribution is 9.10. The van der Waals surface area contributed by atoms with E-state index in [1.165, 1.54) is 11.8 Å². The van der Waals surface area contributed by atoms with Crippen molar-refractivity contribution in [3.8, 4) is 0 Å². The summed E-state index contributed by atoms with van der Waals surface area (Å²) in [6.07, 6.45) is 0. The van der Waals surface area contributed by atoms with Crippen molar-refractivity contribution in [3.63, 3.8) is 0 Å². The van der Waals surface area contributed by atoms with Crippen molar-refractivity contribution < 1.29 is 0 Å². The van der Waals surface area contributed by atoms with E-state index in [9.17, 15) is 0 Å². The van der Waals surface area contributed by atoms with Gasteiger partial charge in [-0.3, -0.25) is 5.41 Å². The lowest BCUT2D eigenvalue weighted by Crippen LogP contribution is -2.18. The van der Waals surface area contributed by atoms with Gasteiger partial charge in [-0.15, -0.1) is 0 Å². The third-order valence-electron chi connectivity index (χ3n) is 0.741. The molecule has 0 aromatic heterocycles. The van der Waals surface area contributed by atoms with Crippen molar-refractivity contribution >= 4 is 32.7 Å². The molecule has 0 aromatic rings. The third-order valence-corrected chi connectivity index (χ3v) is 2.31. The molecule has 0 amide bonds. The third kappa shape index (κ3) is 3.76. The van der Waals surface area contributed by atoms with Gasteiger partial charge >= 0.3 is 0 Å². The molecule has 3 heteroatoms. The highest BCUT2D eigenvalue weighted by atomic mass is 79.9. The van der Waals surface area contributed by atoms with Gasteiger partial charge in [-0.2, -0.15) is 0 Å². The summed E-state index contributed by atoms with van der Waals surface area (Å²) >= 11 is 4.69. The number of alkyl halides is 1. The molecule has 0 saturated carbocycles. The first-order valence-corrected chi connectivity index (χ1v) is 4.21. The second-order valence-electron chi connectivity index (χ2n) is 2.09. The maximum atomic E-state index is 7.38. The molecule has 0 heterocycles. The molecule has 0 aliphatic rings. The van der Waals surface area contributed by atoms with Crippen LogP contribution in [-0.2, 0) is 0 Å². The van der Waals surface area contributed by atoms with Crippen LogP contribution in [0.2, 0.25) is 0 Å². The minimum Gasteiger partial charge on any atom is -0.297 e. The summed E-state index contributed by atoms with van der Waals surface area (Å²) in [5.41, 5.74) is 0. The van der Waals surface area contributed by atoms with Gasteiger partial charge in [0, 0.05) is 0 Å². The van der Waals surface area contributed by atoms with Crippen molar-refractivity contribution in [2.24, 2.45) is 0 Å². The first-order valence-electron chi connectivity index (χ1n) is 2.54. The van der Waals surface area contributed by atoms with Crippen molar-refractivity contribution in [2.75, 3.05) is 0 Å². The Morgan fingerprint density at radius 1 is 1.78 bits per heavy atom. The van der Waals surface area contributed by atoms with Crippen LogP contribution in [0.3, 0.4) is 0 Å². The summed E-state index contributed by atoms with van der Waals surface area (Å²) in [5.74, 6) is 0. The van der Waals surface area contributed by atoms with Crippen LogP contribution in [0.5, 0.6) is 0 Å². The van der Waals surface area contributed by atoms with Crippen molar-refractivity contribution in [1.82, 2.24) is 0 Å². The number of hydrogen-bond acceptors (Lipinski definition) is 2. The molecule has 0 rings (SSSR count). The fraction of sp³-hybridized carbons (Fsp3) is 0.500. The van der Waals surface area contributed by atoms with Gasteiger partial charge in [0.15, 0.2) is 0 Å². The molecule has 0 spiro atoms. The molecule has 0 saturated heterocycles. The van der Waals surface area contributed by atoms with Crippen LogP contribution in [-0.4, -0.2) is 9.37 Å². The van der Waals surface area contributed by atoms with Gasteiger partial charge in [-0.1, -0.05) is 34.3 Å². The Hall–Kier alpha value is 0.240. The normalized spacial score (nSPS) is 11.0. The van der Waals surface area contributed by atoms with Crippen LogP contribution in [0.25, 0.3) is 0 Å². The van der Waals surface area contributed by atoms with Crippen LogP contribution in [0, 0.1) is 5.41 Å². The number of nitrogens with one attached hydrogen (secondary N) is 1. The molecule has 0 aromatic carbocycles. The summed E-state index contributed by atoms with van der Waals surface area (Å²) < 4.78 is -0.203. The topological polar surface area (TPSA) is 23.9 Å². The Bertz CT molecular complexity index is 126. The first-order chi connectivity index (χ1) is 3.98. The molecule has 0 atom stereocenters. The van der Waals surface area contributed by atoms with E-state index in [0.717, 1.165) is 0 Å². The highest BCUT2D eigenvalue weighted by Crippen LogP contribution is 2.24. The molecule has 0 radical (unpaired) electrons. The smallest absolute Gasteiger partial charge is 0.0845 e. The maximum absolute atomic E-state index is 7.38. The molecule has 52 valence electrons. The average Bonchev–Trinajstić information content (AvgIpc) is 1.64. The van der Waals surface area contributed by atoms with E-state index in [1.54, 1.807) is 5.41 Å². The molecule has 0 fully saturated rings. The summed E-state index contributed by atoms with van der Waals surface area (Å²) in [6.45, 7) is 7.39. The number of thioether (sulfide) groups is 1. The Labute approximate surface area is 68.6 Å². The minimum absolute atomic E-state index is 0.203. The summed E-state index contributed by atoms with van der Waals surface area (Å²) in [6, 6.07) is 0. The van der Waals surface area contributed by atoms with Crippen LogP contribution in [0.4, 0.5) is 0 Å². The average molecular weight is 208 g/mol. The van der Waals surface area contributed by atoms with E-state index in [0.29, 0.717) is 5.04 Å². The molecular weight excluding hydrogens is 198 g/mol. The Morgan fingerprint density at radius 2 is 2.22 bits per heavy atom. The van der Waals surface area contributed by atoms with E-state index in [4.69, 9.17) is 5.41 Å². The molecule has 0 unspecified atom stereocenters. The highest BCUT2D eigenvalue weighted by Gasteiger charge is 2.18. The van der Waals surface area contributed by atoms with Crippen molar-refractivity contribution in [1.29, 1.82) is 5.41 Å². The predicted octanol–water partition coefficient (Wildman–Crippen LogP) is 3.01. The largest absolute Gasteiger partial charge is 0.297 e. The fourth-order valence-electron chi connectivity index (χ4n) is 0.223. The van der Waals surface area contributed by atoms with E-state index >= 15 is 0 Å². The molecule has 0 aliphatic heterocycles. The van der Waals surface area contributed by atoms with E-state index in [2.05, 4.69) is 22.5 Å². The van der Waals surface area contributed by atoms with Crippen LogP contribution < -0.4 is 0 Å². The Morgan fingerprint density at radius 3 is 2.33 bits per heavy atom. The van der Waals surface area contributed by atoms with Crippen LogP contribution >= 0.6 is 27.7 Å². The molecular formula is C6H10BrNS.